The van der Waals surface area contributed by atoms with E-state index in [4.69, 9.17) is 9.47 Å². The minimum Gasteiger partial charge on any atom is -0.493 e. The Morgan fingerprint density at radius 2 is 1.86 bits per heavy atom. The molecule has 0 heterocycles. The van der Waals surface area contributed by atoms with Crippen molar-refractivity contribution in [2.75, 3.05) is 13.7 Å². The van der Waals surface area contributed by atoms with Crippen molar-refractivity contribution < 1.29 is 14.3 Å². The molecule has 0 fully saturated rings. The van der Waals surface area contributed by atoms with Crippen LogP contribution in [-0.2, 0) is 0 Å². The number of benzene rings is 2. The highest BCUT2D eigenvalue weighted by molar-refractivity contribution is 14.1. The van der Waals surface area contributed by atoms with Crippen molar-refractivity contribution in [1.29, 1.82) is 0 Å². The van der Waals surface area contributed by atoms with Crippen molar-refractivity contribution in [3.63, 3.8) is 0 Å². The standard InChI is InChI=1S/C18H17IO3/c1-3-22-17-11-5-13(12-18(17)21-2)4-10-16(20)14-6-8-15(19)9-7-14/h4-12H,3H2,1-2H3/b10-4+. The number of carbonyl (C=O) groups excluding carboxylic acids is 1. The lowest BCUT2D eigenvalue weighted by atomic mass is 10.1. The van der Waals surface area contributed by atoms with Gasteiger partial charge in [-0.3, -0.25) is 4.79 Å². The van der Waals surface area contributed by atoms with E-state index in [0.29, 0.717) is 23.7 Å². The summed E-state index contributed by atoms with van der Waals surface area (Å²) >= 11 is 2.21. The third kappa shape index (κ3) is 4.34. The average Bonchev–Trinajstić information content (AvgIpc) is 2.54. The molecule has 0 radical (unpaired) electrons. The van der Waals surface area contributed by atoms with Crippen LogP contribution in [0.1, 0.15) is 22.8 Å². The van der Waals surface area contributed by atoms with E-state index >= 15 is 0 Å². The van der Waals surface area contributed by atoms with E-state index < -0.39 is 0 Å². The fraction of sp³-hybridized carbons (Fsp3) is 0.167. The molecule has 0 bridgehead atoms. The molecule has 0 aliphatic rings. The number of rotatable bonds is 6. The number of methoxy groups -OCH3 is 1. The predicted octanol–water partition coefficient (Wildman–Crippen LogP) is 4.59. The van der Waals surface area contributed by atoms with E-state index in [1.807, 2.05) is 49.4 Å². The van der Waals surface area contributed by atoms with Crippen molar-refractivity contribution >= 4 is 34.5 Å². The second-order valence-corrected chi connectivity index (χ2v) is 5.79. The zero-order valence-corrected chi connectivity index (χ0v) is 14.7. The van der Waals surface area contributed by atoms with Gasteiger partial charge in [0.25, 0.3) is 0 Å². The first-order valence-electron chi connectivity index (χ1n) is 6.93. The molecule has 0 atom stereocenters. The van der Waals surface area contributed by atoms with Crippen LogP contribution >= 0.6 is 22.6 Å². The summed E-state index contributed by atoms with van der Waals surface area (Å²) in [4.78, 5) is 12.1. The SMILES string of the molecule is CCOc1ccc(/C=C/C(=O)c2ccc(I)cc2)cc1OC. The molecule has 3 nitrogen and oxygen atoms in total. The first-order chi connectivity index (χ1) is 10.6. The first kappa shape index (κ1) is 16.5. The quantitative estimate of drug-likeness (QED) is 0.398. The molecule has 0 amide bonds. The Bertz CT molecular complexity index is 675. The third-order valence-electron chi connectivity index (χ3n) is 3.04. The maximum absolute atomic E-state index is 12.1. The lowest BCUT2D eigenvalue weighted by Gasteiger charge is -2.09. The van der Waals surface area contributed by atoms with Crippen LogP contribution in [-0.4, -0.2) is 19.5 Å². The molecule has 2 aromatic rings. The summed E-state index contributed by atoms with van der Waals surface area (Å²) in [5, 5.41) is 0. The second-order valence-electron chi connectivity index (χ2n) is 4.55. The molecule has 0 aliphatic heterocycles. The summed E-state index contributed by atoms with van der Waals surface area (Å²) in [5.74, 6) is 1.33. The molecule has 114 valence electrons. The van der Waals surface area contributed by atoms with Crippen molar-refractivity contribution in [1.82, 2.24) is 0 Å². The van der Waals surface area contributed by atoms with Gasteiger partial charge in [-0.05, 0) is 65.4 Å². The van der Waals surface area contributed by atoms with E-state index in [9.17, 15) is 4.79 Å². The molecule has 0 aliphatic carbocycles. The summed E-state index contributed by atoms with van der Waals surface area (Å²) in [5.41, 5.74) is 1.56. The largest absolute Gasteiger partial charge is 0.493 e. The van der Waals surface area contributed by atoms with E-state index in [2.05, 4.69) is 22.6 Å². The lowest BCUT2D eigenvalue weighted by molar-refractivity contribution is 0.104. The highest BCUT2D eigenvalue weighted by Gasteiger charge is 2.05. The molecule has 22 heavy (non-hydrogen) atoms. The third-order valence-corrected chi connectivity index (χ3v) is 3.76. The van der Waals surface area contributed by atoms with Gasteiger partial charge in [-0.25, -0.2) is 0 Å². The Hall–Kier alpha value is -1.82. The van der Waals surface area contributed by atoms with E-state index in [1.54, 1.807) is 19.3 Å². The van der Waals surface area contributed by atoms with E-state index in [0.717, 1.165) is 9.13 Å². The minimum absolute atomic E-state index is 0.0238. The van der Waals surface area contributed by atoms with Crippen LogP contribution in [0.4, 0.5) is 0 Å². The van der Waals surface area contributed by atoms with Gasteiger partial charge in [0, 0.05) is 9.13 Å². The Morgan fingerprint density at radius 1 is 1.14 bits per heavy atom. The summed E-state index contributed by atoms with van der Waals surface area (Å²) in [6.45, 7) is 2.50. The molecule has 0 aromatic heterocycles. The molecular weight excluding hydrogens is 391 g/mol. The van der Waals surface area contributed by atoms with Gasteiger partial charge in [-0.15, -0.1) is 0 Å². The van der Waals surface area contributed by atoms with Gasteiger partial charge in [0.2, 0.25) is 0 Å². The van der Waals surface area contributed by atoms with Gasteiger partial charge >= 0.3 is 0 Å². The molecular formula is C18H17IO3. The maximum Gasteiger partial charge on any atom is 0.185 e. The average molecular weight is 408 g/mol. The number of ketones is 1. The highest BCUT2D eigenvalue weighted by Crippen LogP contribution is 2.28. The number of halogens is 1. The molecule has 0 saturated carbocycles. The van der Waals surface area contributed by atoms with Crippen molar-refractivity contribution in [2.24, 2.45) is 0 Å². The molecule has 2 rings (SSSR count). The fourth-order valence-corrected chi connectivity index (χ4v) is 2.30. The Balaban J connectivity index is 2.15. The Morgan fingerprint density at radius 3 is 2.50 bits per heavy atom. The van der Waals surface area contributed by atoms with Crippen molar-refractivity contribution in [3.8, 4) is 11.5 Å². The smallest absolute Gasteiger partial charge is 0.185 e. The second kappa shape index (κ2) is 7.98. The zero-order valence-electron chi connectivity index (χ0n) is 12.5. The Kier molecular flexibility index (Phi) is 6.00. The van der Waals surface area contributed by atoms with Gasteiger partial charge in [0.1, 0.15) is 0 Å². The number of ether oxygens (including phenoxy) is 2. The Labute approximate surface area is 144 Å². The monoisotopic (exact) mass is 408 g/mol. The first-order valence-corrected chi connectivity index (χ1v) is 8.00. The summed E-state index contributed by atoms with van der Waals surface area (Å²) < 4.78 is 11.9. The fourth-order valence-electron chi connectivity index (χ4n) is 1.94. The number of allylic oxidation sites excluding steroid dienone is 1. The van der Waals surface area contributed by atoms with Gasteiger partial charge in [0.15, 0.2) is 17.3 Å². The van der Waals surface area contributed by atoms with Crippen LogP contribution in [0.3, 0.4) is 0 Å². The molecule has 0 unspecified atom stereocenters. The number of carbonyl (C=O) groups is 1. The molecule has 4 heteroatoms. The van der Waals surface area contributed by atoms with Crippen molar-refractivity contribution in [3.05, 3.63) is 63.2 Å². The van der Waals surface area contributed by atoms with Gasteiger partial charge in [-0.1, -0.05) is 24.3 Å². The van der Waals surface area contributed by atoms with Crippen LogP contribution in [0.25, 0.3) is 6.08 Å². The van der Waals surface area contributed by atoms with Gasteiger partial charge in [0.05, 0.1) is 13.7 Å². The highest BCUT2D eigenvalue weighted by atomic mass is 127. The summed E-state index contributed by atoms with van der Waals surface area (Å²) in [6.07, 6.45) is 3.34. The van der Waals surface area contributed by atoms with Gasteiger partial charge in [-0.2, -0.15) is 0 Å². The van der Waals surface area contributed by atoms with Crippen LogP contribution < -0.4 is 9.47 Å². The topological polar surface area (TPSA) is 35.5 Å². The number of hydrogen-bond acceptors (Lipinski definition) is 3. The normalized spacial score (nSPS) is 10.7. The van der Waals surface area contributed by atoms with Crippen LogP contribution in [0.2, 0.25) is 0 Å². The van der Waals surface area contributed by atoms with Gasteiger partial charge < -0.3 is 9.47 Å². The van der Waals surface area contributed by atoms with Crippen LogP contribution in [0.5, 0.6) is 11.5 Å². The van der Waals surface area contributed by atoms with Crippen molar-refractivity contribution in [2.45, 2.75) is 6.92 Å². The van der Waals surface area contributed by atoms with E-state index in [-0.39, 0.29) is 5.78 Å². The molecule has 2 aromatic carbocycles. The van der Waals surface area contributed by atoms with E-state index in [1.165, 1.54) is 0 Å². The number of hydrogen-bond donors (Lipinski definition) is 0. The zero-order chi connectivity index (χ0) is 15.9. The minimum atomic E-state index is -0.0238. The summed E-state index contributed by atoms with van der Waals surface area (Å²) in [7, 11) is 1.60. The summed E-state index contributed by atoms with van der Waals surface area (Å²) in [6, 6.07) is 13.1. The molecule has 0 saturated heterocycles. The van der Waals surface area contributed by atoms with Crippen LogP contribution in [0.15, 0.2) is 48.5 Å². The molecule has 0 N–H and O–H groups in total. The lowest BCUT2D eigenvalue weighted by Crippen LogP contribution is -1.96. The maximum atomic E-state index is 12.1. The van der Waals surface area contributed by atoms with Crippen LogP contribution in [0, 0.1) is 3.57 Å². The molecule has 0 spiro atoms. The predicted molar refractivity (Wildman–Crippen MR) is 96.7 cm³/mol.